The molecule has 0 aliphatic rings. The Bertz CT molecular complexity index is 505. The van der Waals surface area contributed by atoms with Crippen LogP contribution in [0.15, 0.2) is 36.4 Å². The van der Waals surface area contributed by atoms with Gasteiger partial charge >= 0.3 is 5.97 Å². The quantitative estimate of drug-likeness (QED) is 0.295. The lowest BCUT2D eigenvalue weighted by molar-refractivity contribution is -0.149. The third-order valence-electron chi connectivity index (χ3n) is 3.98. The van der Waals surface area contributed by atoms with Crippen molar-refractivity contribution in [2.24, 2.45) is 0 Å². The summed E-state index contributed by atoms with van der Waals surface area (Å²) in [5.74, 6) is -0.468. The Morgan fingerprint density at radius 3 is 2.29 bits per heavy atom. The fourth-order valence-corrected chi connectivity index (χ4v) is 2.47. The van der Waals surface area contributed by atoms with Crippen LogP contribution in [0.2, 0.25) is 0 Å². The van der Waals surface area contributed by atoms with Gasteiger partial charge in [0.15, 0.2) is 11.9 Å². The Balaban J connectivity index is 2.19. The number of hydrogen-bond donors (Lipinski definition) is 0. The van der Waals surface area contributed by atoms with Crippen molar-refractivity contribution in [2.75, 3.05) is 0 Å². The van der Waals surface area contributed by atoms with Crippen LogP contribution >= 0.6 is 0 Å². The SMILES string of the molecule is CCCCCCCCCC(=O)C(C)OC(=O)C=Cc1ccccc1. The highest BCUT2D eigenvalue weighted by Gasteiger charge is 2.15. The van der Waals surface area contributed by atoms with Gasteiger partial charge in [-0.2, -0.15) is 0 Å². The van der Waals surface area contributed by atoms with Gasteiger partial charge in [0.2, 0.25) is 0 Å². The number of ether oxygens (including phenoxy) is 1. The molecule has 24 heavy (non-hydrogen) atoms. The van der Waals surface area contributed by atoms with E-state index in [0.717, 1.165) is 18.4 Å². The summed E-state index contributed by atoms with van der Waals surface area (Å²) in [4.78, 5) is 23.7. The lowest BCUT2D eigenvalue weighted by atomic mass is 10.1. The molecule has 1 aromatic rings. The molecule has 0 radical (unpaired) electrons. The molecular formula is C21H30O3. The molecule has 0 saturated carbocycles. The monoisotopic (exact) mass is 330 g/mol. The Morgan fingerprint density at radius 1 is 1.00 bits per heavy atom. The van der Waals surface area contributed by atoms with Crippen molar-refractivity contribution in [3.8, 4) is 0 Å². The van der Waals surface area contributed by atoms with Gasteiger partial charge in [-0.15, -0.1) is 0 Å². The number of rotatable bonds is 12. The summed E-state index contributed by atoms with van der Waals surface area (Å²) < 4.78 is 5.17. The van der Waals surface area contributed by atoms with Crippen LogP contribution in [0.25, 0.3) is 6.08 Å². The van der Waals surface area contributed by atoms with E-state index in [0.29, 0.717) is 6.42 Å². The molecule has 1 rings (SSSR count). The predicted molar refractivity (Wildman–Crippen MR) is 98.6 cm³/mol. The van der Waals surface area contributed by atoms with Crippen LogP contribution in [0.3, 0.4) is 0 Å². The summed E-state index contributed by atoms with van der Waals surface area (Å²) in [5, 5.41) is 0. The standard InChI is InChI=1S/C21H30O3/c1-3-4-5-6-7-8-12-15-20(22)18(2)24-21(23)17-16-19-13-10-9-11-14-19/h9-11,13-14,16-18H,3-8,12,15H2,1-2H3. The Morgan fingerprint density at radius 2 is 1.62 bits per heavy atom. The number of hydrogen-bond acceptors (Lipinski definition) is 3. The minimum atomic E-state index is -0.669. The van der Waals surface area contributed by atoms with Crippen molar-refractivity contribution in [1.29, 1.82) is 0 Å². The van der Waals surface area contributed by atoms with E-state index in [1.165, 1.54) is 38.2 Å². The molecular weight excluding hydrogens is 300 g/mol. The number of carbonyl (C=O) groups is 2. The molecule has 0 aliphatic carbocycles. The molecule has 0 N–H and O–H groups in total. The molecule has 0 aliphatic heterocycles. The first-order valence-electron chi connectivity index (χ1n) is 9.10. The van der Waals surface area contributed by atoms with Gasteiger partial charge in [0.25, 0.3) is 0 Å². The summed E-state index contributed by atoms with van der Waals surface area (Å²) in [5.41, 5.74) is 0.927. The second-order valence-corrected chi connectivity index (χ2v) is 6.16. The molecule has 0 bridgehead atoms. The van der Waals surface area contributed by atoms with Gasteiger partial charge in [-0.25, -0.2) is 4.79 Å². The van der Waals surface area contributed by atoms with Crippen molar-refractivity contribution in [3.05, 3.63) is 42.0 Å². The van der Waals surface area contributed by atoms with Gasteiger partial charge in [-0.1, -0.05) is 75.8 Å². The lowest BCUT2D eigenvalue weighted by Gasteiger charge is -2.10. The zero-order chi connectivity index (χ0) is 17.6. The fourth-order valence-electron chi connectivity index (χ4n) is 2.47. The number of Topliss-reactive ketones (excluding diaryl/α,β-unsaturated/α-hetero) is 1. The second-order valence-electron chi connectivity index (χ2n) is 6.16. The topological polar surface area (TPSA) is 43.4 Å². The van der Waals surface area contributed by atoms with E-state index >= 15 is 0 Å². The van der Waals surface area contributed by atoms with Crippen molar-refractivity contribution in [1.82, 2.24) is 0 Å². The van der Waals surface area contributed by atoms with Gasteiger partial charge in [0, 0.05) is 12.5 Å². The van der Waals surface area contributed by atoms with E-state index in [4.69, 9.17) is 4.74 Å². The van der Waals surface area contributed by atoms with Crippen molar-refractivity contribution < 1.29 is 14.3 Å². The van der Waals surface area contributed by atoms with E-state index in [-0.39, 0.29) is 5.78 Å². The Hall–Kier alpha value is -1.90. The minimum Gasteiger partial charge on any atom is -0.452 e. The number of ketones is 1. The first-order chi connectivity index (χ1) is 11.6. The van der Waals surface area contributed by atoms with Crippen LogP contribution in [0.4, 0.5) is 0 Å². The minimum absolute atomic E-state index is 0.00465. The third-order valence-corrected chi connectivity index (χ3v) is 3.98. The molecule has 1 aromatic carbocycles. The predicted octanol–water partition coefficient (Wildman–Crippen LogP) is 5.34. The highest BCUT2D eigenvalue weighted by molar-refractivity contribution is 5.90. The summed E-state index contributed by atoms with van der Waals surface area (Å²) >= 11 is 0. The maximum atomic E-state index is 12.0. The first kappa shape index (κ1) is 20.1. The molecule has 1 atom stereocenters. The largest absolute Gasteiger partial charge is 0.452 e. The molecule has 0 amide bonds. The van der Waals surface area contributed by atoms with E-state index in [1.54, 1.807) is 13.0 Å². The van der Waals surface area contributed by atoms with E-state index in [1.807, 2.05) is 30.3 Å². The van der Waals surface area contributed by atoms with Crippen LogP contribution in [0.1, 0.15) is 70.8 Å². The zero-order valence-corrected chi connectivity index (χ0v) is 15.0. The maximum Gasteiger partial charge on any atom is 0.331 e. The van der Waals surface area contributed by atoms with Gasteiger partial charge in [-0.3, -0.25) is 4.79 Å². The summed E-state index contributed by atoms with van der Waals surface area (Å²) in [6.45, 7) is 3.86. The average Bonchev–Trinajstić information content (AvgIpc) is 2.60. The third kappa shape index (κ3) is 9.29. The van der Waals surface area contributed by atoms with Crippen LogP contribution < -0.4 is 0 Å². The first-order valence-corrected chi connectivity index (χ1v) is 9.10. The van der Waals surface area contributed by atoms with Crippen molar-refractivity contribution in [2.45, 2.75) is 71.3 Å². The molecule has 0 saturated heterocycles. The summed E-state index contributed by atoms with van der Waals surface area (Å²) in [6.07, 6.45) is 11.1. The smallest absolute Gasteiger partial charge is 0.331 e. The number of benzene rings is 1. The molecule has 0 fully saturated rings. The zero-order valence-electron chi connectivity index (χ0n) is 15.0. The molecule has 0 heterocycles. The average molecular weight is 330 g/mol. The summed E-state index contributed by atoms with van der Waals surface area (Å²) in [7, 11) is 0. The molecule has 3 nitrogen and oxygen atoms in total. The number of esters is 1. The van der Waals surface area contributed by atoms with Crippen LogP contribution in [-0.4, -0.2) is 17.9 Å². The molecule has 3 heteroatoms. The molecule has 132 valence electrons. The van der Waals surface area contributed by atoms with Gasteiger partial charge in [0.1, 0.15) is 0 Å². The van der Waals surface area contributed by atoms with Crippen LogP contribution in [0.5, 0.6) is 0 Å². The second kappa shape index (κ2) is 12.5. The summed E-state index contributed by atoms with van der Waals surface area (Å²) in [6, 6.07) is 9.52. The van der Waals surface area contributed by atoms with Gasteiger partial charge < -0.3 is 4.74 Å². The van der Waals surface area contributed by atoms with E-state index < -0.39 is 12.1 Å². The van der Waals surface area contributed by atoms with E-state index in [2.05, 4.69) is 6.92 Å². The normalized spacial score (nSPS) is 12.2. The highest BCUT2D eigenvalue weighted by Crippen LogP contribution is 2.10. The molecule has 0 spiro atoms. The highest BCUT2D eigenvalue weighted by atomic mass is 16.5. The van der Waals surface area contributed by atoms with Crippen LogP contribution in [0, 0.1) is 0 Å². The number of carbonyl (C=O) groups excluding carboxylic acids is 2. The number of unbranched alkanes of at least 4 members (excludes halogenated alkanes) is 6. The Kier molecular flexibility index (Phi) is 10.5. The van der Waals surface area contributed by atoms with E-state index in [9.17, 15) is 9.59 Å². The lowest BCUT2D eigenvalue weighted by Crippen LogP contribution is -2.23. The maximum absolute atomic E-state index is 12.0. The Labute approximate surface area is 146 Å². The van der Waals surface area contributed by atoms with Crippen molar-refractivity contribution in [3.63, 3.8) is 0 Å². The van der Waals surface area contributed by atoms with Crippen molar-refractivity contribution >= 4 is 17.8 Å². The van der Waals surface area contributed by atoms with Gasteiger partial charge in [0.05, 0.1) is 0 Å². The molecule has 0 aromatic heterocycles. The van der Waals surface area contributed by atoms with Crippen LogP contribution in [-0.2, 0) is 14.3 Å². The molecule has 1 unspecified atom stereocenters. The fraction of sp³-hybridized carbons (Fsp3) is 0.524. The van der Waals surface area contributed by atoms with Gasteiger partial charge in [-0.05, 0) is 25.0 Å².